The fraction of sp³-hybridized carbons (Fsp3) is 0.511. The van der Waals surface area contributed by atoms with Gasteiger partial charge in [-0.1, -0.05) is 69.3 Å². The zero-order valence-corrected chi connectivity index (χ0v) is 36.6. The van der Waals surface area contributed by atoms with Crippen molar-refractivity contribution in [1.29, 1.82) is 0 Å². The maximum atomic E-state index is 15.0. The van der Waals surface area contributed by atoms with Gasteiger partial charge in [0, 0.05) is 35.6 Å². The minimum Gasteiger partial charge on any atom is -0.496 e. The number of nitrogens with one attached hydrogen (secondary N) is 3. The number of methoxy groups -OCH3 is 1. The third kappa shape index (κ3) is 9.38. The zero-order valence-electron chi connectivity index (χ0n) is 35.8. The van der Waals surface area contributed by atoms with Gasteiger partial charge in [0.15, 0.2) is 0 Å². The van der Waals surface area contributed by atoms with E-state index in [9.17, 15) is 27.6 Å². The Hall–Kier alpha value is -5.51. The van der Waals surface area contributed by atoms with Gasteiger partial charge in [0.1, 0.15) is 40.4 Å². The second-order valence-electron chi connectivity index (χ2n) is 18.4. The van der Waals surface area contributed by atoms with Crippen LogP contribution < -0.4 is 20.1 Å². The van der Waals surface area contributed by atoms with Crippen molar-refractivity contribution in [2.75, 3.05) is 13.7 Å². The standard InChI is InChI=1S/C45H57N7O8S/c1-8-31-26-45(31,41(55)50-61(57,58)33-20-21-33)47-39(53)34-25-32-27-51(34)40(54)38(43(2,3)4)46-42(56)60-44(5,6)23-15-10-9-12-18-29-24-30(19-22-35(29)59-7)37-36(48-52(32)49-37)28-16-13-11-14-17-28/h8,11-14,16-19,22,24,31-34,38H,1,9-10,15,20-21,23,25-27H2,2-7H3,(H,46,56)(H,47,53)(H,50,55)/b18-12-/t31-,32-,34+,38-,45-/m1/s1. The van der Waals surface area contributed by atoms with Crippen LogP contribution in [0.25, 0.3) is 28.6 Å². The molecule has 2 aliphatic carbocycles. The second-order valence-corrected chi connectivity index (χ2v) is 20.3. The van der Waals surface area contributed by atoms with E-state index in [2.05, 4.69) is 28.0 Å². The third-order valence-electron chi connectivity index (χ3n) is 12.1. The van der Waals surface area contributed by atoms with E-state index in [0.29, 0.717) is 36.4 Å². The molecule has 326 valence electrons. The van der Waals surface area contributed by atoms with E-state index in [1.165, 1.54) is 15.8 Å². The highest BCUT2D eigenvalue weighted by atomic mass is 32.2. The first-order valence-corrected chi connectivity index (χ1v) is 22.6. The van der Waals surface area contributed by atoms with E-state index in [-0.39, 0.29) is 19.4 Å². The van der Waals surface area contributed by atoms with E-state index < -0.39 is 79.7 Å². The monoisotopic (exact) mass is 855 g/mol. The third-order valence-corrected chi connectivity index (χ3v) is 13.9. The van der Waals surface area contributed by atoms with Gasteiger partial charge < -0.3 is 25.0 Å². The summed E-state index contributed by atoms with van der Waals surface area (Å²) in [5, 5.41) is 15.1. The normalized spacial score (nSPS) is 26.2. The average molecular weight is 856 g/mol. The number of hydrogen-bond donors (Lipinski definition) is 3. The van der Waals surface area contributed by atoms with Crippen molar-refractivity contribution < 1.29 is 37.1 Å². The van der Waals surface area contributed by atoms with Crippen LogP contribution in [0, 0.1) is 11.3 Å². The average Bonchev–Trinajstić information content (AvgIpc) is 4.10. The van der Waals surface area contributed by atoms with Crippen LogP contribution in [-0.4, -0.2) is 94.3 Å². The number of sulfonamides is 1. The minimum absolute atomic E-state index is 0.0230. The van der Waals surface area contributed by atoms with Crippen molar-refractivity contribution in [3.05, 3.63) is 72.8 Å². The van der Waals surface area contributed by atoms with E-state index in [1.54, 1.807) is 7.11 Å². The van der Waals surface area contributed by atoms with Crippen molar-refractivity contribution >= 4 is 39.9 Å². The van der Waals surface area contributed by atoms with Gasteiger partial charge in [-0.25, -0.2) is 13.2 Å². The molecule has 2 aliphatic heterocycles. The van der Waals surface area contributed by atoms with E-state index >= 15 is 0 Å². The molecule has 15 nitrogen and oxygen atoms in total. The van der Waals surface area contributed by atoms with Gasteiger partial charge in [0.25, 0.3) is 5.91 Å². The number of fused-ring (bicyclic) bond motifs is 8. The highest BCUT2D eigenvalue weighted by Gasteiger charge is 2.62. The molecular weight excluding hydrogens is 799 g/mol. The number of aromatic nitrogens is 3. The van der Waals surface area contributed by atoms with Gasteiger partial charge in [-0.3, -0.25) is 19.1 Å². The van der Waals surface area contributed by atoms with E-state index in [0.717, 1.165) is 36.0 Å². The molecule has 4 amide bonds. The van der Waals surface area contributed by atoms with Gasteiger partial charge in [-0.05, 0) is 82.4 Å². The quantitative estimate of drug-likeness (QED) is 0.229. The summed E-state index contributed by atoms with van der Waals surface area (Å²) in [5.74, 6) is -1.90. The van der Waals surface area contributed by atoms with Gasteiger partial charge in [0.05, 0.1) is 18.4 Å². The van der Waals surface area contributed by atoms with Crippen molar-refractivity contribution in [2.45, 2.75) is 121 Å². The largest absolute Gasteiger partial charge is 0.496 e. The summed E-state index contributed by atoms with van der Waals surface area (Å²) in [4.78, 5) is 59.9. The molecule has 16 heteroatoms. The molecule has 3 fully saturated rings. The maximum absolute atomic E-state index is 15.0. The number of benzene rings is 2. The number of hydrogen-bond acceptors (Lipinski definition) is 10. The Labute approximate surface area is 357 Å². The molecular formula is C45H57N7O8S. The molecule has 4 aliphatic rings. The van der Waals surface area contributed by atoms with Gasteiger partial charge >= 0.3 is 6.09 Å². The minimum atomic E-state index is -3.93. The first-order chi connectivity index (χ1) is 28.9. The zero-order chi connectivity index (χ0) is 43.9. The first-order valence-electron chi connectivity index (χ1n) is 21.0. The SMILES string of the molecule is C=C[C@@H]1C[C@]1(NC(=O)[C@@H]1C[C@@H]2CN1C(=O)[C@H](C(C)(C)C)NC(=O)OC(C)(C)CCCC/C=C\c1cc(ccc1OC)-c1nn2nc1-c1ccccc1)C(=O)NS(=O)(=O)C1CC1. The molecule has 1 saturated heterocycles. The Morgan fingerprint density at radius 2 is 1.74 bits per heavy atom. The topological polar surface area (TPSA) is 191 Å². The van der Waals surface area contributed by atoms with Crippen LogP contribution >= 0.6 is 0 Å². The fourth-order valence-corrected chi connectivity index (χ4v) is 9.63. The Morgan fingerprint density at radius 3 is 2.38 bits per heavy atom. The second kappa shape index (κ2) is 16.7. The molecule has 61 heavy (non-hydrogen) atoms. The van der Waals surface area contributed by atoms with Crippen LogP contribution in [0.3, 0.4) is 0 Å². The molecule has 2 saturated carbocycles. The number of rotatable bonds is 8. The summed E-state index contributed by atoms with van der Waals surface area (Å²) in [5.41, 5.74) is 0.352. The Kier molecular flexibility index (Phi) is 12.0. The summed E-state index contributed by atoms with van der Waals surface area (Å²) < 4.78 is 39.6. The van der Waals surface area contributed by atoms with Crippen molar-refractivity contribution in [3.63, 3.8) is 0 Å². The lowest BCUT2D eigenvalue weighted by molar-refractivity contribution is -0.143. The molecule has 2 aromatic carbocycles. The Bertz CT molecular complexity index is 2330. The molecule has 3 aromatic rings. The summed E-state index contributed by atoms with van der Waals surface area (Å²) in [6, 6.07) is 12.5. The number of allylic oxidation sites excluding steroid dienone is 1. The number of alkyl carbamates (subject to hydrolysis) is 1. The van der Waals surface area contributed by atoms with Crippen LogP contribution in [-0.2, 0) is 29.1 Å². The number of carbonyl (C=O) groups is 4. The number of amides is 4. The molecule has 5 atom stereocenters. The lowest BCUT2D eigenvalue weighted by atomic mass is 9.85. The Morgan fingerprint density at radius 1 is 1.03 bits per heavy atom. The smallest absolute Gasteiger partial charge is 0.408 e. The molecule has 0 radical (unpaired) electrons. The van der Waals surface area contributed by atoms with Crippen LogP contribution in [0.1, 0.15) is 97.6 Å². The molecule has 6 bridgehead atoms. The number of ether oxygens (including phenoxy) is 2. The van der Waals surface area contributed by atoms with Gasteiger partial charge in [0.2, 0.25) is 21.8 Å². The highest BCUT2D eigenvalue weighted by molar-refractivity contribution is 7.91. The van der Waals surface area contributed by atoms with Crippen LogP contribution in [0.4, 0.5) is 4.79 Å². The lowest BCUT2D eigenvalue weighted by Crippen LogP contribution is -2.60. The summed E-state index contributed by atoms with van der Waals surface area (Å²) in [6.45, 7) is 12.9. The molecule has 1 aromatic heterocycles. The molecule has 3 heterocycles. The van der Waals surface area contributed by atoms with E-state index in [4.69, 9.17) is 19.7 Å². The lowest BCUT2D eigenvalue weighted by Gasteiger charge is -2.36. The summed E-state index contributed by atoms with van der Waals surface area (Å²) in [7, 11) is -2.30. The number of nitrogens with zero attached hydrogens (tertiary/aromatic N) is 4. The van der Waals surface area contributed by atoms with Gasteiger partial charge in [-0.15, -0.1) is 6.58 Å². The van der Waals surface area contributed by atoms with E-state index in [1.807, 2.05) is 89.2 Å². The summed E-state index contributed by atoms with van der Waals surface area (Å²) >= 11 is 0. The fourth-order valence-electron chi connectivity index (χ4n) is 8.26. The predicted octanol–water partition coefficient (Wildman–Crippen LogP) is 5.94. The Balaban J connectivity index is 1.31. The van der Waals surface area contributed by atoms with Crippen molar-refractivity contribution in [1.82, 2.24) is 35.2 Å². The van der Waals surface area contributed by atoms with Crippen molar-refractivity contribution in [2.24, 2.45) is 11.3 Å². The number of cyclic esters (lactones) is 1. The first kappa shape index (κ1) is 43.6. The van der Waals surface area contributed by atoms with Crippen LogP contribution in [0.15, 0.2) is 67.3 Å². The van der Waals surface area contributed by atoms with Crippen LogP contribution in [0.5, 0.6) is 5.75 Å². The highest BCUT2D eigenvalue weighted by Crippen LogP contribution is 2.46. The van der Waals surface area contributed by atoms with Gasteiger partial charge in [-0.2, -0.15) is 15.0 Å². The number of carbonyl (C=O) groups excluding carboxylic acids is 4. The summed E-state index contributed by atoms with van der Waals surface area (Å²) in [6.07, 6.45) is 8.93. The molecule has 0 spiro atoms. The molecule has 7 rings (SSSR count). The van der Waals surface area contributed by atoms with Crippen molar-refractivity contribution in [3.8, 4) is 28.3 Å². The van der Waals surface area contributed by atoms with Crippen LogP contribution in [0.2, 0.25) is 0 Å². The molecule has 0 unspecified atom stereocenters. The molecule has 3 N–H and O–H groups in total. The predicted molar refractivity (Wildman–Crippen MR) is 230 cm³/mol. The maximum Gasteiger partial charge on any atom is 0.408 e.